The normalized spacial score (nSPS) is 21.9. The maximum Gasteiger partial charge on any atom is 0.223 e. The van der Waals surface area contributed by atoms with E-state index >= 15 is 0 Å². The van der Waals surface area contributed by atoms with Crippen LogP contribution in [0.5, 0.6) is 0 Å². The third-order valence-corrected chi connectivity index (χ3v) is 4.08. The summed E-state index contributed by atoms with van der Waals surface area (Å²) >= 11 is 0. The van der Waals surface area contributed by atoms with E-state index in [1.54, 1.807) is 17.0 Å². The summed E-state index contributed by atoms with van der Waals surface area (Å²) < 4.78 is 13.9. The molecule has 1 fully saturated rings. The van der Waals surface area contributed by atoms with Crippen molar-refractivity contribution in [2.45, 2.75) is 18.8 Å². The van der Waals surface area contributed by atoms with Crippen molar-refractivity contribution in [2.24, 2.45) is 0 Å². The number of hydrogen-bond donors (Lipinski definition) is 1. The van der Waals surface area contributed by atoms with Gasteiger partial charge in [0.05, 0.1) is 0 Å². The molecule has 1 aliphatic heterocycles. The van der Waals surface area contributed by atoms with E-state index in [-0.39, 0.29) is 36.3 Å². The molecule has 1 aromatic carbocycles. The number of amides is 1. The van der Waals surface area contributed by atoms with E-state index in [0.29, 0.717) is 24.2 Å². The van der Waals surface area contributed by atoms with E-state index in [1.165, 1.54) is 6.07 Å². The molecule has 4 nitrogen and oxygen atoms in total. The van der Waals surface area contributed by atoms with Gasteiger partial charge in [-0.05, 0) is 6.07 Å². The van der Waals surface area contributed by atoms with E-state index < -0.39 is 0 Å². The molecule has 0 aromatic heterocycles. The van der Waals surface area contributed by atoms with Crippen LogP contribution < -0.4 is 5.32 Å². The number of carbonyl (C=O) groups is 2. The molecule has 0 saturated carbocycles. The van der Waals surface area contributed by atoms with Gasteiger partial charge >= 0.3 is 0 Å². The Morgan fingerprint density at radius 1 is 1.35 bits per heavy atom. The number of hydrogen-bond acceptors (Lipinski definition) is 3. The van der Waals surface area contributed by atoms with Crippen LogP contribution in [0.15, 0.2) is 18.2 Å². The number of halogens is 1. The number of rotatable bonds is 2. The van der Waals surface area contributed by atoms with E-state index in [1.807, 2.05) is 0 Å². The smallest absolute Gasteiger partial charge is 0.223 e. The van der Waals surface area contributed by atoms with Crippen molar-refractivity contribution in [2.75, 3.05) is 26.2 Å². The number of carbonyl (C=O) groups excluding carboxylic acids is 2. The van der Waals surface area contributed by atoms with Crippen LogP contribution in [0.4, 0.5) is 4.39 Å². The van der Waals surface area contributed by atoms with Crippen molar-refractivity contribution in [1.29, 1.82) is 0 Å². The lowest BCUT2D eigenvalue weighted by Gasteiger charge is -2.28. The number of piperazine rings is 1. The summed E-state index contributed by atoms with van der Waals surface area (Å²) in [6.07, 6.45) is 0.466. The fraction of sp³-hybridized carbons (Fsp3) is 0.467. The summed E-state index contributed by atoms with van der Waals surface area (Å²) in [7, 11) is 0. The molecule has 1 amide bonds. The Morgan fingerprint density at radius 2 is 2.10 bits per heavy atom. The predicted octanol–water partition coefficient (Wildman–Crippen LogP) is 1.32. The first-order valence-electron chi connectivity index (χ1n) is 6.97. The van der Waals surface area contributed by atoms with Gasteiger partial charge in [-0.15, -0.1) is 0 Å². The number of nitrogens with zero attached hydrogens (tertiary/aromatic N) is 1. The molecule has 3 rings (SSSR count). The highest BCUT2D eigenvalue weighted by Crippen LogP contribution is 2.37. The second-order valence-electron chi connectivity index (χ2n) is 5.36. The zero-order valence-electron chi connectivity index (χ0n) is 11.2. The molecule has 1 unspecified atom stereocenters. The summed E-state index contributed by atoms with van der Waals surface area (Å²) in [6, 6.07) is 4.56. The summed E-state index contributed by atoms with van der Waals surface area (Å²) in [4.78, 5) is 25.9. The van der Waals surface area contributed by atoms with Gasteiger partial charge in [-0.25, -0.2) is 4.39 Å². The third kappa shape index (κ3) is 2.33. The number of benzene rings is 1. The lowest BCUT2D eigenvalue weighted by Crippen LogP contribution is -2.46. The van der Waals surface area contributed by atoms with Gasteiger partial charge in [0, 0.05) is 56.1 Å². The molecule has 1 atom stereocenters. The average molecular weight is 276 g/mol. The SMILES string of the molecule is O=C1CC(CC(=O)N2CCNCC2)c2c(F)cccc21. The van der Waals surface area contributed by atoms with Crippen LogP contribution in [0.25, 0.3) is 0 Å². The van der Waals surface area contributed by atoms with Crippen molar-refractivity contribution >= 4 is 11.7 Å². The van der Waals surface area contributed by atoms with Crippen LogP contribution in [-0.2, 0) is 4.79 Å². The fourth-order valence-corrected chi connectivity index (χ4v) is 3.06. The standard InChI is InChI=1S/C15H17FN2O2/c16-12-3-1-2-11-13(19)8-10(15(11)12)9-14(20)18-6-4-17-5-7-18/h1-3,10,17H,4-9H2. The van der Waals surface area contributed by atoms with Crippen molar-refractivity contribution in [3.05, 3.63) is 35.1 Å². The zero-order chi connectivity index (χ0) is 14.1. The molecule has 1 N–H and O–H groups in total. The summed E-state index contributed by atoms with van der Waals surface area (Å²) in [5.41, 5.74) is 0.879. The Labute approximate surface area is 117 Å². The minimum absolute atomic E-state index is 0.0143. The summed E-state index contributed by atoms with van der Waals surface area (Å²) in [6.45, 7) is 2.95. The monoisotopic (exact) mass is 276 g/mol. The second-order valence-corrected chi connectivity index (χ2v) is 5.36. The number of Topliss-reactive ketones (excluding diaryl/α,β-unsaturated/α-hetero) is 1. The first-order valence-corrected chi connectivity index (χ1v) is 6.97. The van der Waals surface area contributed by atoms with Crippen molar-refractivity contribution in [3.8, 4) is 0 Å². The van der Waals surface area contributed by atoms with Crippen LogP contribution in [0, 0.1) is 5.82 Å². The van der Waals surface area contributed by atoms with Crippen LogP contribution >= 0.6 is 0 Å². The molecule has 0 bridgehead atoms. The molecule has 2 aliphatic rings. The molecule has 5 heteroatoms. The van der Waals surface area contributed by atoms with Crippen molar-refractivity contribution in [1.82, 2.24) is 10.2 Å². The Hall–Kier alpha value is -1.75. The summed E-state index contributed by atoms with van der Waals surface area (Å²) in [5, 5.41) is 3.19. The van der Waals surface area contributed by atoms with Crippen LogP contribution in [0.1, 0.15) is 34.7 Å². The Kier molecular flexibility index (Phi) is 3.53. The molecule has 20 heavy (non-hydrogen) atoms. The van der Waals surface area contributed by atoms with Gasteiger partial charge in [0.1, 0.15) is 5.82 Å². The van der Waals surface area contributed by atoms with Gasteiger partial charge in [-0.2, -0.15) is 0 Å². The maximum atomic E-state index is 13.9. The molecule has 1 aromatic rings. The lowest BCUT2D eigenvalue weighted by molar-refractivity contribution is -0.132. The molecule has 106 valence electrons. The van der Waals surface area contributed by atoms with E-state index in [2.05, 4.69) is 5.32 Å². The first kappa shape index (κ1) is 13.2. The van der Waals surface area contributed by atoms with Gasteiger partial charge in [0.2, 0.25) is 5.91 Å². The zero-order valence-corrected chi connectivity index (χ0v) is 11.2. The molecule has 1 heterocycles. The Balaban J connectivity index is 1.76. The van der Waals surface area contributed by atoms with E-state index in [4.69, 9.17) is 0 Å². The minimum atomic E-state index is -0.369. The second kappa shape index (κ2) is 5.32. The van der Waals surface area contributed by atoms with Crippen LogP contribution in [0.3, 0.4) is 0 Å². The van der Waals surface area contributed by atoms with Crippen LogP contribution in [-0.4, -0.2) is 42.8 Å². The predicted molar refractivity (Wildman–Crippen MR) is 72.2 cm³/mol. The third-order valence-electron chi connectivity index (χ3n) is 4.08. The molecule has 1 saturated heterocycles. The van der Waals surface area contributed by atoms with Gasteiger partial charge in [0.15, 0.2) is 5.78 Å². The maximum absolute atomic E-state index is 13.9. The summed E-state index contributed by atoms with van der Waals surface area (Å²) in [5.74, 6) is -0.717. The van der Waals surface area contributed by atoms with Crippen LogP contribution in [0.2, 0.25) is 0 Å². The first-order chi connectivity index (χ1) is 9.66. The van der Waals surface area contributed by atoms with E-state index in [0.717, 1.165) is 13.1 Å². The topological polar surface area (TPSA) is 49.4 Å². The highest BCUT2D eigenvalue weighted by molar-refractivity contribution is 6.02. The number of fused-ring (bicyclic) bond motifs is 1. The Morgan fingerprint density at radius 3 is 2.85 bits per heavy atom. The van der Waals surface area contributed by atoms with Gasteiger partial charge < -0.3 is 10.2 Å². The van der Waals surface area contributed by atoms with Crippen molar-refractivity contribution in [3.63, 3.8) is 0 Å². The molecule has 0 radical (unpaired) electrons. The molecule has 1 aliphatic carbocycles. The van der Waals surface area contributed by atoms with Crippen molar-refractivity contribution < 1.29 is 14.0 Å². The van der Waals surface area contributed by atoms with Gasteiger partial charge in [-0.1, -0.05) is 12.1 Å². The molecular formula is C15H17FN2O2. The molecular weight excluding hydrogens is 259 g/mol. The fourth-order valence-electron chi connectivity index (χ4n) is 3.06. The Bertz CT molecular complexity index is 553. The minimum Gasteiger partial charge on any atom is -0.340 e. The quantitative estimate of drug-likeness (QED) is 0.886. The molecule has 0 spiro atoms. The van der Waals surface area contributed by atoms with E-state index in [9.17, 15) is 14.0 Å². The number of ketones is 1. The largest absolute Gasteiger partial charge is 0.340 e. The van der Waals surface area contributed by atoms with Gasteiger partial charge in [-0.3, -0.25) is 9.59 Å². The lowest BCUT2D eigenvalue weighted by atomic mass is 9.96. The highest BCUT2D eigenvalue weighted by Gasteiger charge is 2.34. The van der Waals surface area contributed by atoms with Gasteiger partial charge in [0.25, 0.3) is 0 Å². The average Bonchev–Trinajstić information content (AvgIpc) is 2.78. The number of nitrogens with one attached hydrogen (secondary N) is 1. The highest BCUT2D eigenvalue weighted by atomic mass is 19.1.